The molecule has 0 spiro atoms. The van der Waals surface area contributed by atoms with Gasteiger partial charge in [0.15, 0.2) is 11.4 Å². The van der Waals surface area contributed by atoms with E-state index in [0.717, 1.165) is 24.8 Å². The largest absolute Gasteiger partial charge is 0.510 e. The van der Waals surface area contributed by atoms with Gasteiger partial charge in [0.25, 0.3) is 5.91 Å². The van der Waals surface area contributed by atoms with Crippen molar-refractivity contribution in [2.75, 3.05) is 21.2 Å². The summed E-state index contributed by atoms with van der Waals surface area (Å²) in [5, 5.41) is 34.3. The molecule has 1 amide bonds. The summed E-state index contributed by atoms with van der Waals surface area (Å²) in [5.41, 5.74) is 3.83. The Kier molecular flexibility index (Phi) is 7.51. The molecule has 0 saturated carbocycles. The SMILES string of the molecule is CO[C@@]12C(=O)C(C(N)=O)=C(O)[C@@H](N(C)C)[C@@H]1C[C@@H]1Cc3c(Cl)c(CN4[C@@H](C)CCC[C@@H]4C)cc(O)c3C(=O)C1=C2O. The van der Waals surface area contributed by atoms with Crippen molar-refractivity contribution in [3.8, 4) is 5.75 Å². The molecule has 1 saturated heterocycles. The monoisotopic (exact) mass is 587 g/mol. The third-order valence-corrected chi connectivity index (χ3v) is 10.2. The molecule has 5 N–H and O–H groups in total. The third-order valence-electron chi connectivity index (χ3n) is 9.75. The van der Waals surface area contributed by atoms with Gasteiger partial charge in [-0.15, -0.1) is 0 Å². The van der Waals surface area contributed by atoms with E-state index in [4.69, 9.17) is 22.1 Å². The molecule has 0 bridgehead atoms. The van der Waals surface area contributed by atoms with Gasteiger partial charge in [0.05, 0.1) is 11.6 Å². The number of carbonyl (C=O) groups excluding carboxylic acids is 3. The summed E-state index contributed by atoms with van der Waals surface area (Å²) in [4.78, 5) is 44.0. The van der Waals surface area contributed by atoms with Crippen molar-refractivity contribution in [2.24, 2.45) is 17.6 Å². The standard InChI is InChI=1S/C30H38ClN3O7/c1-13-7-6-8-14(2)34(13)12-16-11-19(35)21-17(23(16)31)9-15-10-18-24(33(3)4)26(37)22(29(32)40)28(39)30(18,41-5)27(38)20(15)25(21)36/h11,13-15,18,24,35,37-38H,6-10,12H2,1-5H3,(H2,32,40)/t13-,14-,15-,18-,24-,30-/m0/s1. The molecule has 11 heteroatoms. The van der Waals surface area contributed by atoms with E-state index in [0.29, 0.717) is 29.2 Å². The summed E-state index contributed by atoms with van der Waals surface area (Å²) in [5.74, 6) is -5.62. The van der Waals surface area contributed by atoms with E-state index in [1.165, 1.54) is 13.2 Å². The van der Waals surface area contributed by atoms with Crippen LogP contribution in [-0.2, 0) is 27.3 Å². The second-order valence-electron chi connectivity index (χ2n) is 12.2. The highest BCUT2D eigenvalue weighted by Gasteiger charge is 2.64. The highest BCUT2D eigenvalue weighted by atomic mass is 35.5. The summed E-state index contributed by atoms with van der Waals surface area (Å²) in [7, 11) is 4.54. The van der Waals surface area contributed by atoms with Gasteiger partial charge in [-0.25, -0.2) is 0 Å². The van der Waals surface area contributed by atoms with E-state index in [2.05, 4.69) is 18.7 Å². The van der Waals surface area contributed by atoms with Crippen molar-refractivity contribution in [3.05, 3.63) is 50.4 Å². The number of aromatic hydroxyl groups is 1. The number of aliphatic hydroxyl groups excluding tert-OH is 2. The summed E-state index contributed by atoms with van der Waals surface area (Å²) in [6.07, 6.45) is 3.68. The average Bonchev–Trinajstić information content (AvgIpc) is 2.88. The molecule has 1 heterocycles. The van der Waals surface area contributed by atoms with E-state index in [1.54, 1.807) is 19.0 Å². The van der Waals surface area contributed by atoms with Crippen molar-refractivity contribution in [1.82, 2.24) is 9.80 Å². The Bertz CT molecular complexity index is 1390. The Morgan fingerprint density at radius 2 is 1.83 bits per heavy atom. The van der Waals surface area contributed by atoms with E-state index in [-0.39, 0.29) is 29.7 Å². The molecular formula is C30H38ClN3O7. The molecule has 0 aromatic heterocycles. The average molecular weight is 588 g/mol. The number of Topliss-reactive ketones (excluding diaryl/α,β-unsaturated/α-hetero) is 2. The second-order valence-corrected chi connectivity index (χ2v) is 12.5. The fourth-order valence-electron chi connectivity index (χ4n) is 7.77. The number of aliphatic hydroxyl groups is 2. The number of phenolic OH excluding ortho intramolecular Hbond substituents is 1. The van der Waals surface area contributed by atoms with Crippen molar-refractivity contribution >= 4 is 29.1 Å². The number of benzene rings is 1. The van der Waals surface area contributed by atoms with E-state index in [9.17, 15) is 29.7 Å². The molecule has 0 radical (unpaired) electrons. The van der Waals surface area contributed by atoms with Crippen LogP contribution in [-0.4, -0.2) is 87.5 Å². The van der Waals surface area contributed by atoms with Crippen LogP contribution in [0.25, 0.3) is 0 Å². The van der Waals surface area contributed by atoms with Crippen LogP contribution in [0.2, 0.25) is 5.02 Å². The van der Waals surface area contributed by atoms with Crippen molar-refractivity contribution < 1.29 is 34.4 Å². The van der Waals surface area contributed by atoms with Crippen molar-refractivity contribution in [1.29, 1.82) is 0 Å². The Morgan fingerprint density at radius 3 is 2.39 bits per heavy atom. The Hall–Kier alpha value is -2.92. The lowest BCUT2D eigenvalue weighted by Gasteiger charge is -2.51. The summed E-state index contributed by atoms with van der Waals surface area (Å²) in [6.45, 7) is 4.88. The zero-order chi connectivity index (χ0) is 30.1. The maximum Gasteiger partial charge on any atom is 0.255 e. The van der Waals surface area contributed by atoms with Crippen LogP contribution in [0.4, 0.5) is 0 Å². The van der Waals surface area contributed by atoms with Crippen LogP contribution >= 0.6 is 11.6 Å². The lowest BCUT2D eigenvalue weighted by Crippen LogP contribution is -2.64. The van der Waals surface area contributed by atoms with Gasteiger partial charge in [-0.3, -0.25) is 24.2 Å². The number of likely N-dealkylation sites (tertiary alicyclic amines) is 1. The number of methoxy groups -OCH3 is 1. The molecule has 41 heavy (non-hydrogen) atoms. The first kappa shape index (κ1) is 29.6. The molecule has 1 aromatic rings. The molecular weight excluding hydrogens is 550 g/mol. The maximum atomic E-state index is 14.0. The van der Waals surface area contributed by atoms with Gasteiger partial charge in [-0.2, -0.15) is 0 Å². The number of phenols is 1. The lowest BCUT2D eigenvalue weighted by atomic mass is 9.58. The Balaban J connectivity index is 1.64. The van der Waals surface area contributed by atoms with Crippen LogP contribution < -0.4 is 5.73 Å². The minimum Gasteiger partial charge on any atom is -0.510 e. The predicted molar refractivity (Wildman–Crippen MR) is 152 cm³/mol. The number of amides is 1. The minimum absolute atomic E-state index is 0.0121. The van der Waals surface area contributed by atoms with Crippen LogP contribution in [0.5, 0.6) is 5.75 Å². The van der Waals surface area contributed by atoms with Gasteiger partial charge in [0, 0.05) is 42.3 Å². The number of nitrogens with two attached hydrogens (primary N) is 1. The van der Waals surface area contributed by atoms with Gasteiger partial charge >= 0.3 is 0 Å². The second kappa shape index (κ2) is 10.4. The normalized spacial score (nSPS) is 32.2. The molecule has 3 aliphatic carbocycles. The predicted octanol–water partition coefficient (Wildman–Crippen LogP) is 3.19. The smallest absolute Gasteiger partial charge is 0.255 e. The number of ketones is 2. The topological polar surface area (TPSA) is 154 Å². The maximum absolute atomic E-state index is 14.0. The Labute approximate surface area is 244 Å². The number of ether oxygens (including phenoxy) is 1. The Morgan fingerprint density at radius 1 is 1.20 bits per heavy atom. The van der Waals surface area contributed by atoms with Crippen LogP contribution in [0.3, 0.4) is 0 Å². The number of carbonyl (C=O) groups is 3. The molecule has 5 rings (SSSR count). The third kappa shape index (κ3) is 4.21. The van der Waals surface area contributed by atoms with Gasteiger partial charge in [0.1, 0.15) is 22.8 Å². The number of likely N-dealkylation sites (N-methyl/N-ethyl adjacent to an activating group) is 1. The molecule has 4 aliphatic rings. The fraction of sp³-hybridized carbons (Fsp3) is 0.567. The molecule has 1 fully saturated rings. The first-order valence-electron chi connectivity index (χ1n) is 14.0. The number of halogens is 1. The minimum atomic E-state index is -2.12. The van der Waals surface area contributed by atoms with Gasteiger partial charge in [-0.05, 0) is 76.7 Å². The number of nitrogens with zero attached hydrogens (tertiary/aromatic N) is 2. The van der Waals surface area contributed by atoms with E-state index in [1.807, 2.05) is 0 Å². The van der Waals surface area contributed by atoms with Crippen molar-refractivity contribution in [2.45, 2.75) is 76.2 Å². The highest BCUT2D eigenvalue weighted by molar-refractivity contribution is 6.33. The number of rotatable bonds is 5. The molecule has 6 atom stereocenters. The van der Waals surface area contributed by atoms with Crippen molar-refractivity contribution in [3.63, 3.8) is 0 Å². The lowest BCUT2D eigenvalue weighted by molar-refractivity contribution is -0.154. The molecule has 1 aromatic carbocycles. The number of fused-ring (bicyclic) bond motifs is 3. The van der Waals surface area contributed by atoms with E-state index < -0.39 is 58.0 Å². The quantitative estimate of drug-likeness (QED) is 0.380. The van der Waals surface area contributed by atoms with Gasteiger partial charge < -0.3 is 25.8 Å². The number of hydrogen-bond acceptors (Lipinski definition) is 9. The number of hydrogen-bond donors (Lipinski definition) is 4. The van der Waals surface area contributed by atoms with Crippen LogP contribution in [0, 0.1) is 11.8 Å². The first-order chi connectivity index (χ1) is 19.3. The molecule has 222 valence electrons. The summed E-state index contributed by atoms with van der Waals surface area (Å²) in [6, 6.07) is 1.30. The number of allylic oxidation sites excluding steroid dienone is 1. The summed E-state index contributed by atoms with van der Waals surface area (Å²) >= 11 is 6.96. The van der Waals surface area contributed by atoms with E-state index >= 15 is 0 Å². The fourth-order valence-corrected chi connectivity index (χ4v) is 8.06. The zero-order valence-corrected chi connectivity index (χ0v) is 24.8. The van der Waals surface area contributed by atoms with Crippen LogP contribution in [0.1, 0.15) is 61.0 Å². The van der Waals surface area contributed by atoms with Gasteiger partial charge in [0.2, 0.25) is 5.78 Å². The number of primary amides is 1. The molecule has 0 unspecified atom stereocenters. The number of piperidine rings is 1. The summed E-state index contributed by atoms with van der Waals surface area (Å²) < 4.78 is 5.70. The molecule has 1 aliphatic heterocycles. The zero-order valence-electron chi connectivity index (χ0n) is 24.0. The first-order valence-corrected chi connectivity index (χ1v) is 14.4. The highest BCUT2D eigenvalue weighted by Crippen LogP contribution is 2.54. The van der Waals surface area contributed by atoms with Crippen LogP contribution in [0.15, 0.2) is 28.7 Å². The van der Waals surface area contributed by atoms with Gasteiger partial charge in [-0.1, -0.05) is 18.0 Å². The molecule has 10 nitrogen and oxygen atoms in total.